The maximum atomic E-state index is 13.1. The van der Waals surface area contributed by atoms with Crippen LogP contribution in [0.25, 0.3) is 10.9 Å². The van der Waals surface area contributed by atoms with Crippen LogP contribution in [0.4, 0.5) is 0 Å². The number of halogens is 1. The predicted molar refractivity (Wildman–Crippen MR) is 137 cm³/mol. The molecule has 6 nitrogen and oxygen atoms in total. The third kappa shape index (κ3) is 5.38. The zero-order valence-electron chi connectivity index (χ0n) is 19.6. The van der Waals surface area contributed by atoms with Crippen LogP contribution in [0.2, 0.25) is 5.02 Å². The molecule has 1 heterocycles. The van der Waals surface area contributed by atoms with Gasteiger partial charge in [-0.05, 0) is 74.7 Å². The summed E-state index contributed by atoms with van der Waals surface area (Å²) in [6, 6.07) is 12.6. The Hall–Kier alpha value is -2.19. The van der Waals surface area contributed by atoms with Crippen molar-refractivity contribution < 1.29 is 17.8 Å². The molecule has 0 amide bonds. The maximum absolute atomic E-state index is 13.1. The van der Waals surface area contributed by atoms with E-state index >= 15 is 0 Å². The second kappa shape index (κ2) is 10.2. The average Bonchev–Trinajstić information content (AvgIpc) is 3.16. The SMILES string of the molecule is CCCN(CCC)C1Cc2c([nH]c3ccc(C(=O)c4cccc(Cl)c4)cc23)C(CS(=O)(=O)O)C1. The number of aromatic amines is 1. The Bertz CT molecular complexity index is 1300. The molecule has 34 heavy (non-hydrogen) atoms. The molecule has 0 saturated carbocycles. The molecule has 1 aromatic heterocycles. The van der Waals surface area contributed by atoms with Gasteiger partial charge in [-0.25, -0.2) is 0 Å². The number of rotatable bonds is 9. The van der Waals surface area contributed by atoms with Gasteiger partial charge in [0, 0.05) is 44.7 Å². The predicted octanol–water partition coefficient (Wildman–Crippen LogP) is 5.46. The zero-order chi connectivity index (χ0) is 24.5. The van der Waals surface area contributed by atoms with Crippen molar-refractivity contribution in [2.45, 2.75) is 51.5 Å². The summed E-state index contributed by atoms with van der Waals surface area (Å²) in [5.41, 5.74) is 3.84. The molecule has 0 fully saturated rings. The first-order valence-corrected chi connectivity index (χ1v) is 13.8. The minimum atomic E-state index is -4.14. The number of hydrogen-bond donors (Lipinski definition) is 2. The number of nitrogens with zero attached hydrogens (tertiary/aromatic N) is 1. The van der Waals surface area contributed by atoms with Gasteiger partial charge in [-0.3, -0.25) is 9.35 Å². The quantitative estimate of drug-likeness (QED) is 0.299. The van der Waals surface area contributed by atoms with Gasteiger partial charge >= 0.3 is 0 Å². The number of nitrogens with one attached hydrogen (secondary N) is 1. The minimum Gasteiger partial charge on any atom is -0.358 e. The fourth-order valence-electron chi connectivity index (χ4n) is 5.27. The lowest BCUT2D eigenvalue weighted by molar-refractivity contribution is 0.103. The lowest BCUT2D eigenvalue weighted by Gasteiger charge is -2.37. The van der Waals surface area contributed by atoms with Gasteiger partial charge in [0.15, 0.2) is 5.78 Å². The summed E-state index contributed by atoms with van der Waals surface area (Å²) in [6.45, 7) is 6.17. The van der Waals surface area contributed by atoms with E-state index in [1.807, 2.05) is 12.1 Å². The molecule has 0 bridgehead atoms. The Morgan fingerprint density at radius 3 is 2.47 bits per heavy atom. The van der Waals surface area contributed by atoms with Gasteiger partial charge in [-0.1, -0.05) is 37.6 Å². The summed E-state index contributed by atoms with van der Waals surface area (Å²) >= 11 is 6.08. The smallest absolute Gasteiger partial charge is 0.265 e. The Balaban J connectivity index is 1.78. The van der Waals surface area contributed by atoms with Crippen molar-refractivity contribution in [3.05, 3.63) is 69.9 Å². The average molecular weight is 503 g/mol. The normalized spacial score (nSPS) is 18.4. The number of H-pyrrole nitrogens is 1. The van der Waals surface area contributed by atoms with Gasteiger partial charge in [-0.2, -0.15) is 8.42 Å². The molecule has 1 aliphatic carbocycles. The van der Waals surface area contributed by atoms with Crippen LogP contribution in [0.3, 0.4) is 0 Å². The highest BCUT2D eigenvalue weighted by Crippen LogP contribution is 2.39. The molecule has 0 radical (unpaired) electrons. The summed E-state index contributed by atoms with van der Waals surface area (Å²) in [7, 11) is -4.14. The van der Waals surface area contributed by atoms with Crippen LogP contribution in [-0.4, -0.2) is 53.5 Å². The van der Waals surface area contributed by atoms with Crippen LogP contribution in [-0.2, 0) is 16.5 Å². The molecule has 2 atom stereocenters. The van der Waals surface area contributed by atoms with E-state index in [-0.39, 0.29) is 23.5 Å². The van der Waals surface area contributed by atoms with Gasteiger partial charge in [0.2, 0.25) is 0 Å². The fourth-order valence-corrected chi connectivity index (χ4v) is 6.28. The van der Waals surface area contributed by atoms with Crippen molar-refractivity contribution in [3.63, 3.8) is 0 Å². The van der Waals surface area contributed by atoms with Crippen LogP contribution >= 0.6 is 11.6 Å². The van der Waals surface area contributed by atoms with E-state index in [0.717, 1.165) is 54.5 Å². The molecule has 3 aromatic rings. The highest BCUT2D eigenvalue weighted by atomic mass is 35.5. The molecule has 0 aliphatic heterocycles. The van der Waals surface area contributed by atoms with Crippen molar-refractivity contribution >= 4 is 38.4 Å². The van der Waals surface area contributed by atoms with E-state index in [0.29, 0.717) is 22.6 Å². The van der Waals surface area contributed by atoms with Gasteiger partial charge < -0.3 is 9.88 Å². The molecular weight excluding hydrogens is 472 g/mol. The Morgan fingerprint density at radius 1 is 1.12 bits per heavy atom. The second-order valence-electron chi connectivity index (χ2n) is 9.19. The standard InChI is InChI=1S/C26H31ClN2O4S/c1-3-10-29(11-4-2)21-13-19(16-34(31,32)33)25-23(15-21)22-14-18(8-9-24(22)28-25)26(30)17-6-5-7-20(27)12-17/h5-9,12,14,19,21,28H,3-4,10-11,13,15-16H2,1-2H3,(H,31,32,33). The van der Waals surface area contributed by atoms with E-state index in [1.165, 1.54) is 0 Å². The molecular formula is C26H31ClN2O4S. The molecule has 1 aliphatic rings. The summed E-state index contributed by atoms with van der Waals surface area (Å²) in [5, 5.41) is 1.44. The largest absolute Gasteiger partial charge is 0.358 e. The number of fused-ring (bicyclic) bond motifs is 3. The molecule has 8 heteroatoms. The highest BCUT2D eigenvalue weighted by molar-refractivity contribution is 7.85. The maximum Gasteiger partial charge on any atom is 0.265 e. The van der Waals surface area contributed by atoms with Crippen molar-refractivity contribution in [3.8, 4) is 0 Å². The minimum absolute atomic E-state index is 0.111. The van der Waals surface area contributed by atoms with Gasteiger partial charge in [-0.15, -0.1) is 0 Å². The molecule has 2 N–H and O–H groups in total. The number of benzene rings is 2. The third-order valence-electron chi connectivity index (χ3n) is 6.64. The van der Waals surface area contributed by atoms with E-state index in [9.17, 15) is 17.8 Å². The summed E-state index contributed by atoms with van der Waals surface area (Å²) in [4.78, 5) is 19.0. The van der Waals surface area contributed by atoms with Crippen LogP contribution < -0.4 is 0 Å². The Labute approximate surface area is 206 Å². The van der Waals surface area contributed by atoms with E-state index in [1.54, 1.807) is 30.3 Å². The summed E-state index contributed by atoms with van der Waals surface area (Å²) in [5.74, 6) is -0.761. The van der Waals surface area contributed by atoms with E-state index in [4.69, 9.17) is 11.6 Å². The summed E-state index contributed by atoms with van der Waals surface area (Å²) < 4.78 is 33.4. The number of ketones is 1. The topological polar surface area (TPSA) is 90.5 Å². The second-order valence-corrected chi connectivity index (χ2v) is 11.1. The van der Waals surface area contributed by atoms with Crippen molar-refractivity contribution in [1.82, 2.24) is 9.88 Å². The Morgan fingerprint density at radius 2 is 1.82 bits per heavy atom. The van der Waals surface area contributed by atoms with Crippen LogP contribution in [0, 0.1) is 0 Å². The van der Waals surface area contributed by atoms with Crippen LogP contribution in [0.5, 0.6) is 0 Å². The number of carbonyl (C=O) groups is 1. The Kier molecular flexibility index (Phi) is 7.48. The van der Waals surface area contributed by atoms with E-state index in [2.05, 4.69) is 23.7 Å². The van der Waals surface area contributed by atoms with E-state index < -0.39 is 10.1 Å². The number of carbonyl (C=O) groups excluding carboxylic acids is 1. The van der Waals surface area contributed by atoms with Gasteiger partial charge in [0.25, 0.3) is 10.1 Å². The molecule has 4 rings (SSSR count). The lowest BCUT2D eigenvalue weighted by atomic mass is 9.83. The lowest BCUT2D eigenvalue weighted by Crippen LogP contribution is -2.42. The van der Waals surface area contributed by atoms with Crippen molar-refractivity contribution in [2.24, 2.45) is 0 Å². The third-order valence-corrected chi connectivity index (χ3v) is 7.70. The highest BCUT2D eigenvalue weighted by Gasteiger charge is 2.35. The number of aromatic nitrogens is 1. The zero-order valence-corrected chi connectivity index (χ0v) is 21.1. The van der Waals surface area contributed by atoms with Crippen LogP contribution in [0.15, 0.2) is 42.5 Å². The molecule has 0 saturated heterocycles. The monoisotopic (exact) mass is 502 g/mol. The molecule has 0 spiro atoms. The first kappa shape index (κ1) is 24.9. The van der Waals surface area contributed by atoms with Crippen molar-refractivity contribution in [2.75, 3.05) is 18.8 Å². The number of hydrogen-bond acceptors (Lipinski definition) is 4. The summed E-state index contributed by atoms with van der Waals surface area (Å²) in [6.07, 6.45) is 3.46. The van der Waals surface area contributed by atoms with Gasteiger partial charge in [0.1, 0.15) is 0 Å². The molecule has 182 valence electrons. The van der Waals surface area contributed by atoms with Gasteiger partial charge in [0.05, 0.1) is 5.75 Å². The van der Waals surface area contributed by atoms with Crippen LogP contribution in [0.1, 0.15) is 66.2 Å². The first-order chi connectivity index (χ1) is 16.2. The molecule has 2 aromatic carbocycles. The fraction of sp³-hybridized carbons (Fsp3) is 0.423. The molecule has 2 unspecified atom stereocenters. The van der Waals surface area contributed by atoms with Crippen molar-refractivity contribution in [1.29, 1.82) is 0 Å². The first-order valence-electron chi connectivity index (χ1n) is 11.8.